The number of rotatable bonds is 9. The summed E-state index contributed by atoms with van der Waals surface area (Å²) in [6, 6.07) is -0.573. The van der Waals surface area contributed by atoms with Gasteiger partial charge in [0.05, 0.1) is 17.9 Å². The lowest BCUT2D eigenvalue weighted by atomic mass is 9.44. The first-order valence-electron chi connectivity index (χ1n) is 14.7. The Balaban J connectivity index is 0.00000560. The molecular formula is C31H53ClN2O5S. The Morgan fingerprint density at radius 3 is 2.48 bits per heavy atom. The number of nitrogens with two attached hydrogens (primary N) is 1. The number of carbonyl (C=O) groups is 3. The van der Waals surface area contributed by atoms with Gasteiger partial charge in [0.15, 0.2) is 0 Å². The molecule has 3 rings (SSSR count). The van der Waals surface area contributed by atoms with E-state index < -0.39 is 33.8 Å². The van der Waals surface area contributed by atoms with E-state index in [9.17, 15) is 19.5 Å². The molecule has 0 heterocycles. The number of aliphatic hydroxyl groups is 1. The van der Waals surface area contributed by atoms with Crippen molar-refractivity contribution in [3.8, 4) is 0 Å². The summed E-state index contributed by atoms with van der Waals surface area (Å²) in [5.41, 5.74) is 4.49. The number of thioether (sulfide) groups is 1. The number of amides is 1. The zero-order valence-electron chi connectivity index (χ0n) is 25.7. The van der Waals surface area contributed by atoms with Gasteiger partial charge in [0.2, 0.25) is 5.91 Å². The van der Waals surface area contributed by atoms with E-state index >= 15 is 0 Å². The number of halogens is 1. The highest BCUT2D eigenvalue weighted by molar-refractivity contribution is 8.01. The van der Waals surface area contributed by atoms with E-state index in [1.54, 1.807) is 0 Å². The van der Waals surface area contributed by atoms with E-state index in [-0.39, 0.29) is 64.9 Å². The number of esters is 1. The lowest BCUT2D eigenvalue weighted by Crippen LogP contribution is -2.63. The molecule has 0 aromatic heterocycles. The van der Waals surface area contributed by atoms with Crippen LogP contribution in [0.4, 0.5) is 0 Å². The lowest BCUT2D eigenvalue weighted by molar-refractivity contribution is -0.205. The topological polar surface area (TPSA) is 119 Å². The van der Waals surface area contributed by atoms with Crippen molar-refractivity contribution < 1.29 is 24.2 Å². The minimum atomic E-state index is -0.684. The fraction of sp³-hybridized carbons (Fsp3) is 0.839. The van der Waals surface area contributed by atoms with Crippen molar-refractivity contribution in [1.29, 1.82) is 0 Å². The second kappa shape index (κ2) is 12.6. The monoisotopic (exact) mass is 600 g/mol. The van der Waals surface area contributed by atoms with Crippen molar-refractivity contribution >= 4 is 41.8 Å². The van der Waals surface area contributed by atoms with E-state index in [1.807, 2.05) is 40.7 Å². The van der Waals surface area contributed by atoms with E-state index in [0.29, 0.717) is 19.4 Å². The molecule has 3 aliphatic rings. The maximum atomic E-state index is 13.5. The average Bonchev–Trinajstić information content (AvgIpc) is 3.24. The van der Waals surface area contributed by atoms with Crippen molar-refractivity contribution in [3.63, 3.8) is 0 Å². The fourth-order valence-electron chi connectivity index (χ4n) is 7.72. The zero-order chi connectivity index (χ0) is 29.6. The summed E-state index contributed by atoms with van der Waals surface area (Å²) in [5.74, 6) is -0.243. The van der Waals surface area contributed by atoms with Gasteiger partial charge in [-0.15, -0.1) is 30.7 Å². The van der Waals surface area contributed by atoms with Crippen LogP contribution in [0.5, 0.6) is 0 Å². The number of hydrogen-bond acceptors (Lipinski definition) is 7. The molecule has 3 saturated carbocycles. The highest BCUT2D eigenvalue weighted by Crippen LogP contribution is 2.68. The van der Waals surface area contributed by atoms with Crippen molar-refractivity contribution in [3.05, 3.63) is 12.7 Å². The molecule has 4 N–H and O–H groups in total. The summed E-state index contributed by atoms with van der Waals surface area (Å²) in [6.45, 7) is 20.7. The average molecular weight is 601 g/mol. The minimum absolute atomic E-state index is 0. The first-order valence-corrected chi connectivity index (χ1v) is 15.6. The molecule has 230 valence electrons. The van der Waals surface area contributed by atoms with Crippen LogP contribution in [0.25, 0.3) is 0 Å². The van der Waals surface area contributed by atoms with Gasteiger partial charge in [0.1, 0.15) is 11.9 Å². The normalized spacial score (nSPS) is 38.4. The van der Waals surface area contributed by atoms with E-state index in [2.05, 4.69) is 32.7 Å². The van der Waals surface area contributed by atoms with Crippen LogP contribution in [0.15, 0.2) is 12.7 Å². The number of ketones is 1. The molecule has 7 nitrogen and oxygen atoms in total. The minimum Gasteiger partial charge on any atom is -0.461 e. The quantitative estimate of drug-likeness (QED) is 0.254. The van der Waals surface area contributed by atoms with Crippen molar-refractivity contribution in [1.82, 2.24) is 5.32 Å². The Morgan fingerprint density at radius 2 is 1.90 bits per heavy atom. The van der Waals surface area contributed by atoms with Crippen LogP contribution in [-0.4, -0.2) is 58.1 Å². The van der Waals surface area contributed by atoms with Crippen LogP contribution < -0.4 is 11.1 Å². The molecular weight excluding hydrogens is 548 g/mol. The first kappa shape index (κ1) is 35.1. The van der Waals surface area contributed by atoms with Gasteiger partial charge in [0, 0.05) is 34.5 Å². The smallest absolute Gasteiger partial charge is 0.316 e. The third-order valence-corrected chi connectivity index (χ3v) is 12.2. The second-order valence-electron chi connectivity index (χ2n) is 14.1. The molecule has 0 spiro atoms. The van der Waals surface area contributed by atoms with Crippen LogP contribution in [0.1, 0.15) is 87.5 Å². The van der Waals surface area contributed by atoms with Crippen molar-refractivity contribution in [2.75, 3.05) is 12.3 Å². The molecule has 5 unspecified atom stereocenters. The third-order valence-electron chi connectivity index (χ3n) is 10.9. The summed E-state index contributed by atoms with van der Waals surface area (Å²) < 4.78 is 5.92. The summed E-state index contributed by atoms with van der Waals surface area (Å²) in [7, 11) is 0. The van der Waals surface area contributed by atoms with Crippen LogP contribution in [0, 0.1) is 39.9 Å². The third kappa shape index (κ3) is 6.30. The summed E-state index contributed by atoms with van der Waals surface area (Å²) >= 11 is 1.43. The molecule has 0 aromatic rings. The van der Waals surface area contributed by atoms with Gasteiger partial charge in [-0.2, -0.15) is 0 Å². The largest absolute Gasteiger partial charge is 0.461 e. The Labute approximate surface area is 252 Å². The molecule has 2 bridgehead atoms. The Bertz CT molecular complexity index is 975. The number of ether oxygens (including phenoxy) is 1. The lowest BCUT2D eigenvalue weighted by Gasteiger charge is -2.61. The van der Waals surface area contributed by atoms with Gasteiger partial charge in [-0.3, -0.25) is 14.4 Å². The molecule has 0 saturated heterocycles. The van der Waals surface area contributed by atoms with Gasteiger partial charge >= 0.3 is 5.97 Å². The molecule has 0 aliphatic heterocycles. The maximum Gasteiger partial charge on any atom is 0.316 e. The second-order valence-corrected chi connectivity index (χ2v) is 15.8. The van der Waals surface area contributed by atoms with Gasteiger partial charge in [-0.25, -0.2) is 0 Å². The van der Waals surface area contributed by atoms with Gasteiger partial charge in [0.25, 0.3) is 0 Å². The number of aliphatic hydroxyl groups excluding tert-OH is 1. The fourth-order valence-corrected chi connectivity index (χ4v) is 8.47. The number of hydrogen-bond donors (Lipinski definition) is 3. The van der Waals surface area contributed by atoms with Gasteiger partial charge < -0.3 is 20.9 Å². The molecule has 3 aliphatic carbocycles. The number of carbonyl (C=O) groups excluding carboxylic acids is 3. The van der Waals surface area contributed by atoms with E-state index in [0.717, 1.165) is 19.3 Å². The molecule has 9 atom stereocenters. The highest BCUT2D eigenvalue weighted by atomic mass is 35.5. The Hall–Kier alpha value is -1.09. The first-order chi connectivity index (χ1) is 17.9. The Kier molecular flexibility index (Phi) is 11.1. The number of nitrogens with one attached hydrogen (secondary N) is 1. The van der Waals surface area contributed by atoms with Crippen LogP contribution >= 0.6 is 24.2 Å². The maximum absolute atomic E-state index is 13.5. The molecule has 1 amide bonds. The summed E-state index contributed by atoms with van der Waals surface area (Å²) in [5, 5.41) is 14.6. The van der Waals surface area contributed by atoms with Crippen molar-refractivity contribution in [2.45, 2.75) is 110 Å². The highest BCUT2D eigenvalue weighted by Gasteiger charge is 2.68. The van der Waals surface area contributed by atoms with Gasteiger partial charge in [-0.05, 0) is 62.7 Å². The van der Waals surface area contributed by atoms with E-state index in [1.165, 1.54) is 11.8 Å². The van der Waals surface area contributed by atoms with Crippen LogP contribution in [-0.2, 0) is 19.1 Å². The molecule has 0 radical (unpaired) electrons. The Morgan fingerprint density at radius 1 is 1.27 bits per heavy atom. The predicted molar refractivity (Wildman–Crippen MR) is 164 cm³/mol. The van der Waals surface area contributed by atoms with E-state index in [4.69, 9.17) is 10.5 Å². The summed E-state index contributed by atoms with van der Waals surface area (Å²) in [4.78, 5) is 39.2. The standard InChI is InChI=1S/C31H52N2O5S.ClH/c1-10-29(8)15-22(38-23(35)16-39-28(6,7)17-33-27(37)24(32)18(2)3)30(9)19(4)11-13-31(20(5)26(29)36)14-12-21(34)25(30)31;/h10,18-20,22,24-26,36H,1,11-17,32H2,2-9H3,(H,33,37);1H/t19?,20-,22?,24?,25-,26-,29+,30?,31?;/m0./s1. The SMILES string of the molecule is C=C[C@]1(C)CC(OC(=O)CSC(C)(C)CNC(=O)C(N)C(C)C)C2(C)C(C)CCC3(CCC(=O)[C@@H]23)[C@@H](C)[C@@H]1O.Cl. The zero-order valence-corrected chi connectivity index (χ0v) is 27.4. The molecule has 3 fully saturated rings. The van der Waals surface area contributed by atoms with Gasteiger partial charge in [-0.1, -0.05) is 47.6 Å². The van der Waals surface area contributed by atoms with Crippen LogP contribution in [0.3, 0.4) is 0 Å². The molecule has 9 heteroatoms. The summed E-state index contributed by atoms with van der Waals surface area (Å²) in [6.07, 6.45) is 4.17. The predicted octanol–water partition coefficient (Wildman–Crippen LogP) is 4.93. The molecule has 40 heavy (non-hydrogen) atoms. The molecule has 0 aromatic carbocycles. The number of Topliss-reactive ketones (excluding diaryl/α,β-unsaturated/α-hetero) is 1. The van der Waals surface area contributed by atoms with Crippen LogP contribution in [0.2, 0.25) is 0 Å². The van der Waals surface area contributed by atoms with Crippen molar-refractivity contribution in [2.24, 2.45) is 45.7 Å².